The minimum atomic E-state index is 0.742. The molecular weight excluding hydrogens is 130 g/mol. The van der Waals surface area contributed by atoms with Gasteiger partial charge < -0.3 is 0 Å². The Bertz CT molecular complexity index is 162. The van der Waals surface area contributed by atoms with Crippen LogP contribution in [0.3, 0.4) is 0 Å². The van der Waals surface area contributed by atoms with E-state index in [1.807, 2.05) is 11.8 Å². The van der Waals surface area contributed by atoms with Crippen molar-refractivity contribution < 1.29 is 0 Å². The van der Waals surface area contributed by atoms with Crippen LogP contribution in [0, 0.1) is 5.92 Å². The molecule has 0 bridgehead atoms. The van der Waals surface area contributed by atoms with Crippen LogP contribution in [0.5, 0.6) is 0 Å². The van der Waals surface area contributed by atoms with Gasteiger partial charge in [-0.3, -0.25) is 4.99 Å². The fourth-order valence-corrected chi connectivity index (χ4v) is 2.22. The minimum Gasteiger partial charge on any atom is -0.287 e. The quantitative estimate of drug-likeness (QED) is 0.495. The molecule has 0 amide bonds. The number of hydrogen-bond donors (Lipinski definition) is 0. The highest BCUT2D eigenvalue weighted by Gasteiger charge is 2.24. The van der Waals surface area contributed by atoms with Crippen LogP contribution in [-0.4, -0.2) is 18.0 Å². The van der Waals surface area contributed by atoms with E-state index in [1.54, 1.807) is 0 Å². The van der Waals surface area contributed by atoms with Crippen molar-refractivity contribution in [3.63, 3.8) is 0 Å². The predicted molar refractivity (Wildman–Crippen MR) is 40.9 cm³/mol. The van der Waals surface area contributed by atoms with Crippen molar-refractivity contribution in [3.8, 4) is 0 Å². The zero-order valence-electron chi connectivity index (χ0n) is 5.08. The van der Waals surface area contributed by atoms with Gasteiger partial charge in [-0.05, 0) is 17.7 Å². The summed E-state index contributed by atoms with van der Waals surface area (Å²) in [5.74, 6) is 0.743. The second kappa shape index (κ2) is 2.18. The number of thioether (sulfide) groups is 1. The van der Waals surface area contributed by atoms with Gasteiger partial charge in [-0.1, -0.05) is 6.08 Å². The molecule has 2 heterocycles. The smallest absolute Gasteiger partial charge is 0.0565 e. The molecule has 0 N–H and O–H groups in total. The van der Waals surface area contributed by atoms with Crippen molar-refractivity contribution in [1.82, 2.24) is 0 Å². The van der Waals surface area contributed by atoms with Gasteiger partial charge in [0, 0.05) is 5.25 Å². The summed E-state index contributed by atoms with van der Waals surface area (Å²) in [6.45, 7) is 0.975. The molecule has 47 valence electrons. The van der Waals surface area contributed by atoms with Gasteiger partial charge in [0.15, 0.2) is 0 Å². The van der Waals surface area contributed by atoms with Crippen LogP contribution in [0.1, 0.15) is 6.42 Å². The maximum Gasteiger partial charge on any atom is 0.0565 e. The van der Waals surface area contributed by atoms with Crippen molar-refractivity contribution in [2.24, 2.45) is 10.9 Å². The number of nitrogens with zero attached hydrogens (tertiary/aromatic N) is 1. The summed E-state index contributed by atoms with van der Waals surface area (Å²) >= 11 is 1.91. The molecule has 0 aromatic carbocycles. The van der Waals surface area contributed by atoms with Crippen LogP contribution < -0.4 is 0 Å². The number of aliphatic imine (C=N–C) groups is 1. The molecule has 0 saturated heterocycles. The Labute approximate surface area is 59.2 Å². The van der Waals surface area contributed by atoms with Crippen molar-refractivity contribution in [2.75, 3.05) is 6.54 Å². The molecule has 2 aliphatic rings. The molecule has 1 radical (unpaired) electrons. The van der Waals surface area contributed by atoms with Crippen LogP contribution in [0.4, 0.5) is 0 Å². The van der Waals surface area contributed by atoms with E-state index in [0.29, 0.717) is 0 Å². The normalized spacial score (nSPS) is 39.1. The van der Waals surface area contributed by atoms with Crippen LogP contribution in [-0.2, 0) is 0 Å². The SMILES string of the molecule is [C]1=NCC2SC=CC2C1. The van der Waals surface area contributed by atoms with Gasteiger partial charge in [0.2, 0.25) is 0 Å². The first-order chi connectivity index (χ1) is 4.47. The molecule has 1 nitrogen and oxygen atoms in total. The largest absolute Gasteiger partial charge is 0.287 e. The van der Waals surface area contributed by atoms with E-state index in [1.165, 1.54) is 0 Å². The standard InChI is InChI=1S/C7H8NS/c1-3-8-5-7-6(1)2-4-9-7/h2,4,6-7H,1,5H2. The molecule has 2 atom stereocenters. The first-order valence-corrected chi connectivity index (χ1v) is 4.12. The highest BCUT2D eigenvalue weighted by molar-refractivity contribution is 8.03. The molecule has 2 unspecified atom stereocenters. The molecule has 0 aromatic heterocycles. The monoisotopic (exact) mass is 138 g/mol. The van der Waals surface area contributed by atoms with E-state index in [0.717, 1.165) is 24.1 Å². The van der Waals surface area contributed by atoms with Crippen LogP contribution >= 0.6 is 11.8 Å². The van der Waals surface area contributed by atoms with Gasteiger partial charge in [-0.2, -0.15) is 0 Å². The third-order valence-corrected chi connectivity index (χ3v) is 2.93. The maximum absolute atomic E-state index is 4.11. The van der Waals surface area contributed by atoms with Crippen molar-refractivity contribution in [2.45, 2.75) is 11.7 Å². The number of hydrogen-bond acceptors (Lipinski definition) is 2. The lowest BCUT2D eigenvalue weighted by Crippen LogP contribution is -2.19. The highest BCUT2D eigenvalue weighted by atomic mass is 32.2. The van der Waals surface area contributed by atoms with Crippen molar-refractivity contribution in [1.29, 1.82) is 0 Å². The Kier molecular flexibility index (Phi) is 1.34. The van der Waals surface area contributed by atoms with Gasteiger partial charge >= 0.3 is 0 Å². The molecule has 0 spiro atoms. The van der Waals surface area contributed by atoms with Crippen LogP contribution in [0.2, 0.25) is 0 Å². The Morgan fingerprint density at radius 1 is 1.67 bits per heavy atom. The van der Waals surface area contributed by atoms with E-state index in [9.17, 15) is 0 Å². The molecule has 2 rings (SSSR count). The van der Waals surface area contributed by atoms with E-state index < -0.39 is 0 Å². The van der Waals surface area contributed by atoms with Gasteiger partial charge in [0.05, 0.1) is 12.8 Å². The highest BCUT2D eigenvalue weighted by Crippen LogP contribution is 2.33. The Balaban J connectivity index is 2.13. The van der Waals surface area contributed by atoms with Gasteiger partial charge in [0.25, 0.3) is 0 Å². The number of allylic oxidation sites excluding steroid dienone is 1. The fourth-order valence-electron chi connectivity index (χ4n) is 1.17. The zero-order chi connectivity index (χ0) is 6.10. The fraction of sp³-hybridized carbons (Fsp3) is 0.571. The molecule has 9 heavy (non-hydrogen) atoms. The molecule has 0 aromatic rings. The third-order valence-electron chi connectivity index (χ3n) is 1.77. The molecule has 0 saturated carbocycles. The maximum atomic E-state index is 4.11. The van der Waals surface area contributed by atoms with Crippen LogP contribution in [0.25, 0.3) is 0 Å². The molecule has 2 heteroatoms. The summed E-state index contributed by atoms with van der Waals surface area (Å²) in [6.07, 6.45) is 6.33. The van der Waals surface area contributed by atoms with E-state index in [-0.39, 0.29) is 0 Å². The summed E-state index contributed by atoms with van der Waals surface area (Å²) in [5, 5.41) is 2.93. The zero-order valence-corrected chi connectivity index (χ0v) is 5.90. The Morgan fingerprint density at radius 3 is 3.56 bits per heavy atom. The third kappa shape index (κ3) is 0.917. The molecule has 0 aliphatic carbocycles. The molecule has 2 aliphatic heterocycles. The Hall–Kier alpha value is -0.240. The lowest BCUT2D eigenvalue weighted by atomic mass is 10.0. The summed E-state index contributed by atoms with van der Waals surface area (Å²) in [7, 11) is 0. The number of rotatable bonds is 0. The molecular formula is C7H8NS. The van der Waals surface area contributed by atoms with Crippen molar-refractivity contribution >= 4 is 18.0 Å². The average Bonchev–Trinajstić information content (AvgIpc) is 2.33. The van der Waals surface area contributed by atoms with E-state index in [2.05, 4.69) is 22.7 Å². The first-order valence-electron chi connectivity index (χ1n) is 3.18. The summed E-state index contributed by atoms with van der Waals surface area (Å²) in [4.78, 5) is 4.11. The average molecular weight is 138 g/mol. The van der Waals surface area contributed by atoms with Crippen molar-refractivity contribution in [3.05, 3.63) is 11.5 Å². The van der Waals surface area contributed by atoms with E-state index >= 15 is 0 Å². The lowest BCUT2D eigenvalue weighted by Gasteiger charge is -2.17. The lowest BCUT2D eigenvalue weighted by molar-refractivity contribution is 0.633. The topological polar surface area (TPSA) is 12.4 Å². The first kappa shape index (κ1) is 5.54. The second-order valence-electron chi connectivity index (χ2n) is 2.37. The number of fused-ring (bicyclic) bond motifs is 1. The Morgan fingerprint density at radius 2 is 2.67 bits per heavy atom. The van der Waals surface area contributed by atoms with E-state index in [4.69, 9.17) is 0 Å². The molecule has 0 fully saturated rings. The van der Waals surface area contributed by atoms with Crippen LogP contribution in [0.15, 0.2) is 16.5 Å². The van der Waals surface area contributed by atoms with Gasteiger partial charge in [0.1, 0.15) is 0 Å². The second-order valence-corrected chi connectivity index (χ2v) is 3.52. The summed E-state index contributed by atoms with van der Waals surface area (Å²) < 4.78 is 0. The summed E-state index contributed by atoms with van der Waals surface area (Å²) in [6, 6.07) is 0. The van der Waals surface area contributed by atoms with Gasteiger partial charge in [-0.25, -0.2) is 0 Å². The minimum absolute atomic E-state index is 0.742. The summed E-state index contributed by atoms with van der Waals surface area (Å²) in [5.41, 5.74) is 0. The van der Waals surface area contributed by atoms with Gasteiger partial charge in [-0.15, -0.1) is 11.8 Å². The predicted octanol–water partition coefficient (Wildman–Crippen LogP) is 1.58.